The SMILES string of the molecule is Nc1nnc(-c2ccccc2O)cc1N1CC2CCC(C1)N2c1cccc(OCCN2CCN(C(=O)CCC(=O)O)CC2)c1. The van der Waals surface area contributed by atoms with Crippen molar-refractivity contribution in [3.05, 3.63) is 54.6 Å². The fourth-order valence-electron chi connectivity index (χ4n) is 6.61. The lowest BCUT2D eigenvalue weighted by molar-refractivity contribution is -0.141. The quantitative estimate of drug-likeness (QED) is 0.315. The van der Waals surface area contributed by atoms with Crippen LogP contribution in [0.2, 0.25) is 0 Å². The molecule has 6 rings (SSSR count). The number of hydrogen-bond acceptors (Lipinski definition) is 10. The number of phenols is 1. The van der Waals surface area contributed by atoms with E-state index in [-0.39, 0.29) is 24.5 Å². The zero-order chi connectivity index (χ0) is 30.6. The van der Waals surface area contributed by atoms with Gasteiger partial charge in [-0.3, -0.25) is 14.5 Å². The highest BCUT2D eigenvalue weighted by molar-refractivity contribution is 5.80. The molecule has 0 aliphatic carbocycles. The Morgan fingerprint density at radius 1 is 0.932 bits per heavy atom. The van der Waals surface area contributed by atoms with Crippen molar-refractivity contribution in [2.45, 2.75) is 37.8 Å². The minimum Gasteiger partial charge on any atom is -0.507 e. The Kier molecular flexibility index (Phi) is 8.69. The summed E-state index contributed by atoms with van der Waals surface area (Å²) < 4.78 is 6.16. The van der Waals surface area contributed by atoms with Crippen molar-refractivity contribution in [3.63, 3.8) is 0 Å². The van der Waals surface area contributed by atoms with Crippen LogP contribution in [0, 0.1) is 0 Å². The fraction of sp³-hybridized carbons (Fsp3) is 0.438. The topological polar surface area (TPSA) is 149 Å². The maximum absolute atomic E-state index is 12.2. The first-order valence-corrected chi connectivity index (χ1v) is 15.3. The molecular formula is C32H39N7O5. The molecule has 2 bridgehead atoms. The summed E-state index contributed by atoms with van der Waals surface area (Å²) >= 11 is 0. The van der Waals surface area contributed by atoms with Gasteiger partial charge in [0, 0.05) is 81.6 Å². The zero-order valence-electron chi connectivity index (χ0n) is 24.7. The molecule has 2 unspecified atom stereocenters. The Labute approximate surface area is 256 Å². The first-order valence-electron chi connectivity index (χ1n) is 15.3. The number of rotatable bonds is 10. The van der Waals surface area contributed by atoms with Crippen LogP contribution < -0.4 is 20.3 Å². The summed E-state index contributed by atoms with van der Waals surface area (Å²) in [5.74, 6) is 0.350. The summed E-state index contributed by atoms with van der Waals surface area (Å²) in [7, 11) is 0. The highest BCUT2D eigenvalue weighted by Crippen LogP contribution is 2.39. The molecule has 12 heteroatoms. The van der Waals surface area contributed by atoms with Crippen LogP contribution in [-0.2, 0) is 9.59 Å². The van der Waals surface area contributed by atoms with Crippen LogP contribution in [0.4, 0.5) is 17.2 Å². The number of hydrogen-bond donors (Lipinski definition) is 3. The first kappa shape index (κ1) is 29.5. The molecule has 2 atom stereocenters. The number of nitrogens with zero attached hydrogens (tertiary/aromatic N) is 6. The van der Waals surface area contributed by atoms with Crippen LogP contribution in [0.1, 0.15) is 25.7 Å². The third-order valence-electron chi connectivity index (χ3n) is 8.87. The fourth-order valence-corrected chi connectivity index (χ4v) is 6.61. The van der Waals surface area contributed by atoms with Crippen molar-refractivity contribution in [3.8, 4) is 22.8 Å². The lowest BCUT2D eigenvalue weighted by Crippen LogP contribution is -2.54. The van der Waals surface area contributed by atoms with Gasteiger partial charge < -0.3 is 35.4 Å². The van der Waals surface area contributed by atoms with Crippen LogP contribution in [0.25, 0.3) is 11.3 Å². The van der Waals surface area contributed by atoms with Crippen molar-refractivity contribution in [1.29, 1.82) is 0 Å². The molecule has 3 aliphatic heterocycles. The number of fused-ring (bicyclic) bond motifs is 2. The van der Waals surface area contributed by atoms with Crippen LogP contribution in [0.5, 0.6) is 11.5 Å². The van der Waals surface area contributed by atoms with E-state index in [1.807, 2.05) is 30.3 Å². The van der Waals surface area contributed by atoms with Crippen molar-refractivity contribution < 1.29 is 24.5 Å². The maximum atomic E-state index is 12.2. The van der Waals surface area contributed by atoms with E-state index < -0.39 is 5.97 Å². The third kappa shape index (κ3) is 6.49. The standard InChI is InChI=1S/C32H39N7O5/c33-32-28(19-27(34-35-32)26-6-1-2-7-29(26)40)38-20-23-8-9-24(21-38)39(23)22-4-3-5-25(18-22)44-17-16-36-12-14-37(15-13-36)30(41)10-11-31(42)43/h1-7,18-19,23-24,40H,8-17,20-21H2,(H2,33,35)(H,42,43). The molecule has 1 amide bonds. The predicted molar refractivity (Wildman–Crippen MR) is 167 cm³/mol. The summed E-state index contributed by atoms with van der Waals surface area (Å²) in [6.45, 7) is 5.65. The smallest absolute Gasteiger partial charge is 0.303 e. The van der Waals surface area contributed by atoms with E-state index in [1.165, 1.54) is 0 Å². The van der Waals surface area contributed by atoms with Gasteiger partial charge in [0.25, 0.3) is 0 Å². The number of aromatic hydroxyl groups is 1. The summed E-state index contributed by atoms with van der Waals surface area (Å²) in [6.07, 6.45) is 2.10. The van der Waals surface area contributed by atoms with E-state index in [9.17, 15) is 14.7 Å². The van der Waals surface area contributed by atoms with Crippen molar-refractivity contribution >= 4 is 29.1 Å². The van der Waals surface area contributed by atoms with Crippen molar-refractivity contribution in [2.24, 2.45) is 0 Å². The average Bonchev–Trinajstić information content (AvgIpc) is 3.30. The lowest BCUT2D eigenvalue weighted by Gasteiger charge is -2.43. The molecule has 44 heavy (non-hydrogen) atoms. The molecule has 4 heterocycles. The van der Waals surface area contributed by atoms with Gasteiger partial charge in [-0.2, -0.15) is 0 Å². The monoisotopic (exact) mass is 601 g/mol. The normalized spacial score (nSPS) is 20.1. The van der Waals surface area contributed by atoms with E-state index in [2.05, 4.69) is 37.0 Å². The lowest BCUT2D eigenvalue weighted by atomic mass is 10.1. The van der Waals surface area contributed by atoms with Crippen LogP contribution in [0.15, 0.2) is 54.6 Å². The van der Waals surface area contributed by atoms with Gasteiger partial charge in [-0.15, -0.1) is 10.2 Å². The molecule has 2 aromatic carbocycles. The van der Waals surface area contributed by atoms with E-state index in [0.717, 1.165) is 62.7 Å². The Morgan fingerprint density at radius 3 is 2.41 bits per heavy atom. The number of nitrogens with two attached hydrogens (primary N) is 1. The van der Waals surface area contributed by atoms with E-state index in [4.69, 9.17) is 15.6 Å². The van der Waals surface area contributed by atoms with Gasteiger partial charge in [-0.1, -0.05) is 18.2 Å². The van der Waals surface area contributed by atoms with Crippen LogP contribution in [-0.4, -0.2) is 107 Å². The summed E-state index contributed by atoms with van der Waals surface area (Å²) in [5.41, 5.74) is 9.53. The van der Waals surface area contributed by atoms with Crippen LogP contribution in [0.3, 0.4) is 0 Å². The number of carbonyl (C=O) groups excluding carboxylic acids is 1. The summed E-state index contributed by atoms with van der Waals surface area (Å²) in [4.78, 5) is 31.8. The molecule has 3 saturated heterocycles. The molecule has 4 N–H and O–H groups in total. The summed E-state index contributed by atoms with van der Waals surface area (Å²) in [6, 6.07) is 18.0. The number of nitrogen functional groups attached to an aromatic ring is 1. The highest BCUT2D eigenvalue weighted by atomic mass is 16.5. The predicted octanol–water partition coefficient (Wildman–Crippen LogP) is 2.68. The zero-order valence-corrected chi connectivity index (χ0v) is 24.7. The number of benzene rings is 2. The molecule has 3 aliphatic rings. The maximum Gasteiger partial charge on any atom is 0.303 e. The van der Waals surface area contributed by atoms with Gasteiger partial charge in [0.2, 0.25) is 5.91 Å². The number of carboxylic acid groups (broad SMARTS) is 1. The average molecular weight is 602 g/mol. The molecule has 12 nitrogen and oxygen atoms in total. The Hall–Kier alpha value is -4.58. The minimum atomic E-state index is -0.944. The van der Waals surface area contributed by atoms with Gasteiger partial charge >= 0.3 is 5.97 Å². The molecule has 0 spiro atoms. The summed E-state index contributed by atoms with van der Waals surface area (Å²) in [5, 5.41) is 27.6. The number of para-hydroxylation sites is 1. The van der Waals surface area contributed by atoms with Crippen LogP contribution >= 0.6 is 0 Å². The van der Waals surface area contributed by atoms with E-state index in [1.54, 1.807) is 17.0 Å². The van der Waals surface area contributed by atoms with Crippen molar-refractivity contribution in [2.75, 3.05) is 68.0 Å². The van der Waals surface area contributed by atoms with E-state index >= 15 is 0 Å². The largest absolute Gasteiger partial charge is 0.507 e. The number of phenolic OH excluding ortho intramolecular Hbond substituents is 1. The third-order valence-corrected chi connectivity index (χ3v) is 8.87. The number of carbonyl (C=O) groups is 2. The molecule has 0 saturated carbocycles. The van der Waals surface area contributed by atoms with Gasteiger partial charge in [0.15, 0.2) is 5.82 Å². The number of amides is 1. The van der Waals surface area contributed by atoms with Gasteiger partial charge in [0.05, 0.1) is 17.8 Å². The van der Waals surface area contributed by atoms with Crippen molar-refractivity contribution in [1.82, 2.24) is 20.0 Å². The number of piperazine rings is 2. The molecule has 3 aromatic rings. The van der Waals surface area contributed by atoms with E-state index in [0.29, 0.717) is 48.9 Å². The molecule has 232 valence electrons. The molecule has 3 fully saturated rings. The Balaban J connectivity index is 1.04. The minimum absolute atomic E-state index is 0.0567. The van der Waals surface area contributed by atoms with Gasteiger partial charge in [0.1, 0.15) is 18.1 Å². The number of carboxylic acids is 1. The Morgan fingerprint density at radius 2 is 1.68 bits per heavy atom. The first-order chi connectivity index (χ1) is 21.4. The second kappa shape index (κ2) is 13.0. The second-order valence-corrected chi connectivity index (χ2v) is 11.7. The molecule has 0 radical (unpaired) electrons. The molecule has 1 aromatic heterocycles. The Bertz CT molecular complexity index is 1480. The number of aliphatic carboxylic acids is 1. The van der Waals surface area contributed by atoms with Gasteiger partial charge in [-0.05, 0) is 43.2 Å². The number of anilines is 3. The second-order valence-electron chi connectivity index (χ2n) is 11.7. The molecular weight excluding hydrogens is 562 g/mol. The van der Waals surface area contributed by atoms with Gasteiger partial charge in [-0.25, -0.2) is 0 Å². The highest BCUT2D eigenvalue weighted by Gasteiger charge is 2.41. The number of aromatic nitrogens is 2. The number of ether oxygens (including phenoxy) is 1.